The van der Waals surface area contributed by atoms with Crippen molar-refractivity contribution in [2.75, 3.05) is 19.6 Å². The monoisotopic (exact) mass is 328 g/mol. The van der Waals surface area contributed by atoms with Crippen LogP contribution in [0, 0.1) is 11.2 Å². The van der Waals surface area contributed by atoms with Gasteiger partial charge in [-0.3, -0.25) is 4.79 Å². The van der Waals surface area contributed by atoms with Crippen LogP contribution in [-0.2, 0) is 0 Å². The van der Waals surface area contributed by atoms with Crippen molar-refractivity contribution in [2.45, 2.75) is 19.8 Å². The minimum atomic E-state index is -0.493. The summed E-state index contributed by atoms with van der Waals surface area (Å²) >= 11 is 3.25. The van der Waals surface area contributed by atoms with Crippen molar-refractivity contribution in [3.05, 3.63) is 34.1 Å². The molecule has 1 heterocycles. The molecule has 0 saturated carbocycles. The molecule has 2 N–H and O–H groups in total. The van der Waals surface area contributed by atoms with Crippen LogP contribution < -0.4 is 10.6 Å². The van der Waals surface area contributed by atoms with E-state index in [0.717, 1.165) is 25.9 Å². The van der Waals surface area contributed by atoms with Crippen molar-refractivity contribution in [3.63, 3.8) is 0 Å². The molecule has 1 fully saturated rings. The molecule has 1 aromatic rings. The van der Waals surface area contributed by atoms with E-state index in [1.165, 1.54) is 12.1 Å². The smallest absolute Gasteiger partial charge is 0.254 e. The minimum absolute atomic E-state index is 0.0520. The number of carbonyl (C=O) groups is 1. The minimum Gasteiger partial charge on any atom is -0.351 e. The number of hydrogen-bond donors (Lipinski definition) is 2. The molecule has 19 heavy (non-hydrogen) atoms. The lowest BCUT2D eigenvalue weighted by Gasteiger charge is -2.34. The molecule has 1 saturated heterocycles. The first kappa shape index (κ1) is 14.5. The maximum absolute atomic E-state index is 13.6. The van der Waals surface area contributed by atoms with Crippen LogP contribution in [0.4, 0.5) is 4.39 Å². The first-order valence-electron chi connectivity index (χ1n) is 6.44. The summed E-state index contributed by atoms with van der Waals surface area (Å²) in [4.78, 5) is 12.0. The number of halogens is 2. The zero-order valence-electron chi connectivity index (χ0n) is 10.9. The van der Waals surface area contributed by atoms with Gasteiger partial charge in [0.2, 0.25) is 0 Å². The summed E-state index contributed by atoms with van der Waals surface area (Å²) < 4.78 is 14.3. The van der Waals surface area contributed by atoms with Crippen molar-refractivity contribution in [2.24, 2.45) is 5.41 Å². The summed E-state index contributed by atoms with van der Waals surface area (Å²) in [6, 6.07) is 4.38. The van der Waals surface area contributed by atoms with Gasteiger partial charge in [-0.2, -0.15) is 0 Å². The Morgan fingerprint density at radius 1 is 1.58 bits per heavy atom. The predicted molar refractivity (Wildman–Crippen MR) is 76.6 cm³/mol. The van der Waals surface area contributed by atoms with Gasteiger partial charge in [0.05, 0.1) is 5.56 Å². The predicted octanol–water partition coefficient (Wildman–Crippen LogP) is 2.71. The Morgan fingerprint density at radius 2 is 2.37 bits per heavy atom. The van der Waals surface area contributed by atoms with E-state index in [4.69, 9.17) is 0 Å². The number of nitrogens with one attached hydrogen (secondary N) is 2. The molecule has 0 spiro atoms. The SMILES string of the molecule is CC1(CNC(=O)c2cc(Br)ccc2F)CCCNC1. The highest BCUT2D eigenvalue weighted by atomic mass is 79.9. The average Bonchev–Trinajstić information content (AvgIpc) is 2.40. The van der Waals surface area contributed by atoms with Gasteiger partial charge < -0.3 is 10.6 Å². The Balaban J connectivity index is 1.99. The Labute approximate surface area is 121 Å². The number of piperidine rings is 1. The molecular formula is C14H18BrFN2O. The summed E-state index contributed by atoms with van der Waals surface area (Å²) in [5, 5.41) is 6.16. The van der Waals surface area contributed by atoms with Crippen LogP contribution in [0.3, 0.4) is 0 Å². The van der Waals surface area contributed by atoms with Gasteiger partial charge in [-0.15, -0.1) is 0 Å². The van der Waals surface area contributed by atoms with Crippen LogP contribution in [0.5, 0.6) is 0 Å². The fourth-order valence-corrected chi connectivity index (χ4v) is 2.69. The van der Waals surface area contributed by atoms with Gasteiger partial charge in [-0.1, -0.05) is 22.9 Å². The van der Waals surface area contributed by atoms with Crippen LogP contribution in [0.25, 0.3) is 0 Å². The normalized spacial score (nSPS) is 23.1. The number of carbonyl (C=O) groups excluding carboxylic acids is 1. The molecule has 1 atom stereocenters. The summed E-state index contributed by atoms with van der Waals surface area (Å²) in [6.07, 6.45) is 2.18. The second-order valence-electron chi connectivity index (χ2n) is 5.40. The van der Waals surface area contributed by atoms with Crippen molar-refractivity contribution in [1.82, 2.24) is 10.6 Å². The van der Waals surface area contributed by atoms with Gasteiger partial charge in [-0.05, 0) is 43.0 Å². The van der Waals surface area contributed by atoms with Gasteiger partial charge in [0.1, 0.15) is 5.82 Å². The molecule has 1 aliphatic heterocycles. The number of benzene rings is 1. The molecule has 1 aliphatic rings. The second kappa shape index (κ2) is 6.01. The van der Waals surface area contributed by atoms with Crippen LogP contribution >= 0.6 is 15.9 Å². The molecule has 0 bridgehead atoms. The summed E-state index contributed by atoms with van der Waals surface area (Å²) in [5.41, 5.74) is 0.137. The maximum atomic E-state index is 13.6. The largest absolute Gasteiger partial charge is 0.351 e. The second-order valence-corrected chi connectivity index (χ2v) is 6.31. The fraction of sp³-hybridized carbons (Fsp3) is 0.500. The average molecular weight is 329 g/mol. The number of hydrogen-bond acceptors (Lipinski definition) is 2. The van der Waals surface area contributed by atoms with E-state index in [1.807, 2.05) is 0 Å². The molecule has 5 heteroatoms. The highest BCUT2D eigenvalue weighted by molar-refractivity contribution is 9.10. The van der Waals surface area contributed by atoms with Gasteiger partial charge in [0.15, 0.2) is 0 Å². The molecule has 0 aliphatic carbocycles. The first-order valence-corrected chi connectivity index (χ1v) is 7.23. The standard InChI is InChI=1S/C14H18BrFN2O/c1-14(5-2-6-17-8-14)9-18-13(19)11-7-10(15)3-4-12(11)16/h3-4,7,17H,2,5-6,8-9H2,1H3,(H,18,19). The van der Waals surface area contributed by atoms with Crippen LogP contribution in [0.15, 0.2) is 22.7 Å². The topological polar surface area (TPSA) is 41.1 Å². The van der Waals surface area contributed by atoms with Crippen molar-refractivity contribution in [1.29, 1.82) is 0 Å². The van der Waals surface area contributed by atoms with Crippen molar-refractivity contribution < 1.29 is 9.18 Å². The van der Waals surface area contributed by atoms with Crippen molar-refractivity contribution in [3.8, 4) is 0 Å². The van der Waals surface area contributed by atoms with Gasteiger partial charge in [0.25, 0.3) is 5.91 Å². The molecular weight excluding hydrogens is 311 g/mol. The lowest BCUT2D eigenvalue weighted by atomic mass is 9.83. The van der Waals surface area contributed by atoms with Gasteiger partial charge in [0, 0.05) is 17.6 Å². The lowest BCUT2D eigenvalue weighted by molar-refractivity contribution is 0.0920. The maximum Gasteiger partial charge on any atom is 0.254 e. The van der Waals surface area contributed by atoms with E-state index in [2.05, 4.69) is 33.5 Å². The van der Waals surface area contributed by atoms with Crippen molar-refractivity contribution >= 4 is 21.8 Å². The molecule has 104 valence electrons. The van der Waals surface area contributed by atoms with E-state index in [0.29, 0.717) is 11.0 Å². The zero-order chi connectivity index (χ0) is 13.9. The van der Waals surface area contributed by atoms with E-state index in [1.54, 1.807) is 6.07 Å². The van der Waals surface area contributed by atoms with Gasteiger partial charge in [-0.25, -0.2) is 4.39 Å². The molecule has 1 unspecified atom stereocenters. The van der Waals surface area contributed by atoms with E-state index in [9.17, 15) is 9.18 Å². The Hall–Kier alpha value is -0.940. The fourth-order valence-electron chi connectivity index (χ4n) is 2.33. The number of rotatable bonds is 3. The Kier molecular flexibility index (Phi) is 4.58. The van der Waals surface area contributed by atoms with Crippen LogP contribution in [-0.4, -0.2) is 25.5 Å². The molecule has 2 rings (SSSR count). The van der Waals surface area contributed by atoms with E-state index >= 15 is 0 Å². The molecule has 3 nitrogen and oxygen atoms in total. The highest BCUT2D eigenvalue weighted by Gasteiger charge is 2.27. The quantitative estimate of drug-likeness (QED) is 0.895. The third-order valence-electron chi connectivity index (χ3n) is 3.53. The highest BCUT2D eigenvalue weighted by Crippen LogP contribution is 2.24. The summed E-state index contributed by atoms with van der Waals surface area (Å²) in [7, 11) is 0. The molecule has 1 aromatic carbocycles. The lowest BCUT2D eigenvalue weighted by Crippen LogP contribution is -2.45. The van der Waals surface area contributed by atoms with E-state index < -0.39 is 5.82 Å². The molecule has 0 aromatic heterocycles. The number of amides is 1. The third-order valence-corrected chi connectivity index (χ3v) is 4.03. The molecule has 1 amide bonds. The van der Waals surface area contributed by atoms with Crippen LogP contribution in [0.2, 0.25) is 0 Å². The summed E-state index contributed by atoms with van der Waals surface area (Å²) in [6.45, 7) is 4.61. The van der Waals surface area contributed by atoms with Gasteiger partial charge >= 0.3 is 0 Å². The summed E-state index contributed by atoms with van der Waals surface area (Å²) in [5.74, 6) is -0.849. The van der Waals surface area contributed by atoms with Crippen LogP contribution in [0.1, 0.15) is 30.1 Å². The zero-order valence-corrected chi connectivity index (χ0v) is 12.5. The Morgan fingerprint density at radius 3 is 3.05 bits per heavy atom. The van der Waals surface area contributed by atoms with E-state index in [-0.39, 0.29) is 16.9 Å². The Bertz CT molecular complexity index is 473. The molecule has 0 radical (unpaired) electrons. The third kappa shape index (κ3) is 3.76. The first-order chi connectivity index (χ1) is 9.00.